The minimum Gasteiger partial charge on any atom is -0.497 e. The normalized spacial score (nSPS) is 13.5. The summed E-state index contributed by atoms with van der Waals surface area (Å²) in [6.07, 6.45) is 0. The van der Waals surface area contributed by atoms with Gasteiger partial charge < -0.3 is 19.9 Å². The average molecular weight is 430 g/mol. The molecule has 0 aromatic heterocycles. The minimum atomic E-state index is -0.178. The van der Waals surface area contributed by atoms with Crippen LogP contribution in [0.5, 0.6) is 5.75 Å². The van der Waals surface area contributed by atoms with E-state index < -0.39 is 0 Å². The molecule has 3 aromatic rings. The summed E-state index contributed by atoms with van der Waals surface area (Å²) in [7, 11) is 1.61. The van der Waals surface area contributed by atoms with Crippen molar-refractivity contribution in [3.8, 4) is 5.75 Å². The molecule has 6 nitrogen and oxygen atoms in total. The van der Waals surface area contributed by atoms with E-state index in [9.17, 15) is 9.59 Å². The third kappa shape index (κ3) is 5.09. The maximum Gasteiger partial charge on any atom is 0.253 e. The first-order valence-corrected chi connectivity index (χ1v) is 10.7. The van der Waals surface area contributed by atoms with Crippen LogP contribution in [0.4, 0.5) is 5.69 Å². The van der Waals surface area contributed by atoms with E-state index in [-0.39, 0.29) is 11.8 Å². The fourth-order valence-electron chi connectivity index (χ4n) is 3.82. The number of nitrogens with one attached hydrogen (secondary N) is 1. The highest BCUT2D eigenvalue weighted by Gasteiger charge is 2.22. The Hall–Kier alpha value is -3.80. The van der Waals surface area contributed by atoms with Crippen molar-refractivity contribution in [2.45, 2.75) is 6.54 Å². The summed E-state index contributed by atoms with van der Waals surface area (Å²) in [6, 6.07) is 24.7. The van der Waals surface area contributed by atoms with Gasteiger partial charge in [0.1, 0.15) is 5.75 Å². The van der Waals surface area contributed by atoms with Gasteiger partial charge in [0.15, 0.2) is 0 Å². The van der Waals surface area contributed by atoms with Crippen molar-refractivity contribution in [3.05, 3.63) is 95.6 Å². The van der Waals surface area contributed by atoms with E-state index in [0.717, 1.165) is 24.4 Å². The molecule has 1 fully saturated rings. The van der Waals surface area contributed by atoms with Crippen LogP contribution in [0.2, 0.25) is 0 Å². The van der Waals surface area contributed by atoms with Gasteiger partial charge in [-0.25, -0.2) is 0 Å². The Morgan fingerprint density at radius 1 is 0.844 bits per heavy atom. The summed E-state index contributed by atoms with van der Waals surface area (Å²) < 4.78 is 5.21. The van der Waals surface area contributed by atoms with Crippen LogP contribution in [0.15, 0.2) is 78.9 Å². The van der Waals surface area contributed by atoms with E-state index >= 15 is 0 Å². The predicted molar refractivity (Wildman–Crippen MR) is 125 cm³/mol. The van der Waals surface area contributed by atoms with Gasteiger partial charge in [-0.15, -0.1) is 0 Å². The number of amides is 2. The number of piperazine rings is 1. The monoisotopic (exact) mass is 429 g/mol. The van der Waals surface area contributed by atoms with Crippen molar-refractivity contribution in [2.24, 2.45) is 0 Å². The van der Waals surface area contributed by atoms with Gasteiger partial charge in [0.2, 0.25) is 0 Å². The number of benzene rings is 3. The van der Waals surface area contributed by atoms with E-state index in [4.69, 9.17) is 4.74 Å². The molecule has 1 saturated heterocycles. The second-order valence-electron chi connectivity index (χ2n) is 7.73. The molecule has 3 aromatic carbocycles. The molecule has 1 N–H and O–H groups in total. The third-order valence-electron chi connectivity index (χ3n) is 5.67. The number of hydrogen-bond donors (Lipinski definition) is 1. The Labute approximate surface area is 188 Å². The second-order valence-corrected chi connectivity index (χ2v) is 7.73. The molecule has 0 saturated carbocycles. The van der Waals surface area contributed by atoms with Crippen LogP contribution < -0.4 is 15.0 Å². The maximum absolute atomic E-state index is 12.9. The molecule has 2 amide bonds. The van der Waals surface area contributed by atoms with Gasteiger partial charge >= 0.3 is 0 Å². The van der Waals surface area contributed by atoms with Gasteiger partial charge in [0, 0.05) is 49.5 Å². The molecule has 0 bridgehead atoms. The topological polar surface area (TPSA) is 61.9 Å². The van der Waals surface area contributed by atoms with Crippen LogP contribution in [0.1, 0.15) is 26.3 Å². The molecule has 1 aliphatic rings. The lowest BCUT2D eigenvalue weighted by Crippen LogP contribution is -2.48. The van der Waals surface area contributed by atoms with Gasteiger partial charge in [-0.3, -0.25) is 9.59 Å². The maximum atomic E-state index is 12.9. The Balaban J connectivity index is 1.31. The largest absolute Gasteiger partial charge is 0.497 e. The number of nitrogens with zero attached hydrogens (tertiary/aromatic N) is 2. The third-order valence-corrected chi connectivity index (χ3v) is 5.67. The van der Waals surface area contributed by atoms with E-state index in [1.807, 2.05) is 47.4 Å². The molecule has 0 aliphatic carbocycles. The number of ether oxygens (including phenoxy) is 1. The highest BCUT2D eigenvalue weighted by atomic mass is 16.5. The van der Waals surface area contributed by atoms with Gasteiger partial charge in [0.05, 0.1) is 7.11 Å². The van der Waals surface area contributed by atoms with E-state index in [0.29, 0.717) is 30.8 Å². The zero-order chi connectivity index (χ0) is 22.3. The lowest BCUT2D eigenvalue weighted by molar-refractivity contribution is 0.0746. The molecule has 0 spiro atoms. The summed E-state index contributed by atoms with van der Waals surface area (Å²) in [4.78, 5) is 29.5. The molecule has 1 heterocycles. The van der Waals surface area contributed by atoms with Gasteiger partial charge in [-0.05, 0) is 54.1 Å². The standard InChI is InChI=1S/C26H27N3O3/c1-32-24-9-5-6-20(18-24)19-27-25(30)21-10-12-22(13-11-21)26(31)29-16-14-28(15-17-29)23-7-3-2-4-8-23/h2-13,18H,14-17,19H2,1H3,(H,27,30). The average Bonchev–Trinajstić information content (AvgIpc) is 2.87. The molecular formula is C26H27N3O3. The molecule has 1 aliphatic heterocycles. The van der Waals surface area contributed by atoms with Gasteiger partial charge in [-0.2, -0.15) is 0 Å². The summed E-state index contributed by atoms with van der Waals surface area (Å²) in [5.41, 5.74) is 3.27. The van der Waals surface area contributed by atoms with Crippen LogP contribution in [-0.4, -0.2) is 50.0 Å². The highest BCUT2D eigenvalue weighted by Crippen LogP contribution is 2.17. The number of carbonyl (C=O) groups is 2. The molecule has 4 rings (SSSR count). The van der Waals surface area contributed by atoms with Crippen molar-refractivity contribution < 1.29 is 14.3 Å². The second kappa shape index (κ2) is 10.0. The Morgan fingerprint density at radius 2 is 1.53 bits per heavy atom. The van der Waals surface area contributed by atoms with Gasteiger partial charge in [-0.1, -0.05) is 30.3 Å². The molecule has 6 heteroatoms. The Morgan fingerprint density at radius 3 is 2.22 bits per heavy atom. The van der Waals surface area contributed by atoms with Crippen molar-refractivity contribution in [1.29, 1.82) is 0 Å². The highest BCUT2D eigenvalue weighted by molar-refractivity contribution is 5.97. The SMILES string of the molecule is COc1cccc(CNC(=O)c2ccc(C(=O)N3CCN(c4ccccc4)CC3)cc2)c1. The molecule has 32 heavy (non-hydrogen) atoms. The first-order chi connectivity index (χ1) is 15.6. The van der Waals surface area contributed by atoms with Crippen LogP contribution in [0, 0.1) is 0 Å². The predicted octanol–water partition coefficient (Wildman–Crippen LogP) is 3.59. The minimum absolute atomic E-state index is 0.000973. The summed E-state index contributed by atoms with van der Waals surface area (Å²) in [6.45, 7) is 3.37. The van der Waals surface area contributed by atoms with E-state index in [2.05, 4.69) is 22.3 Å². The first-order valence-electron chi connectivity index (χ1n) is 10.7. The Bertz CT molecular complexity index is 1060. The Kier molecular flexibility index (Phi) is 6.70. The van der Waals surface area contributed by atoms with E-state index in [1.165, 1.54) is 5.69 Å². The summed E-state index contributed by atoms with van der Waals surface area (Å²) >= 11 is 0. The molecular weight excluding hydrogens is 402 g/mol. The fourth-order valence-corrected chi connectivity index (χ4v) is 3.82. The molecule has 0 atom stereocenters. The first kappa shape index (κ1) is 21.4. The number of hydrogen-bond acceptors (Lipinski definition) is 4. The van der Waals surface area contributed by atoms with Crippen LogP contribution >= 0.6 is 0 Å². The lowest BCUT2D eigenvalue weighted by atomic mass is 10.1. The zero-order valence-electron chi connectivity index (χ0n) is 18.2. The van der Waals surface area contributed by atoms with Gasteiger partial charge in [0.25, 0.3) is 11.8 Å². The fraction of sp³-hybridized carbons (Fsp3) is 0.231. The lowest BCUT2D eigenvalue weighted by Gasteiger charge is -2.36. The van der Waals surface area contributed by atoms with Crippen molar-refractivity contribution in [3.63, 3.8) is 0 Å². The van der Waals surface area contributed by atoms with Crippen LogP contribution in [0.25, 0.3) is 0 Å². The molecule has 0 radical (unpaired) electrons. The van der Waals surface area contributed by atoms with E-state index in [1.54, 1.807) is 31.4 Å². The quantitative estimate of drug-likeness (QED) is 0.651. The summed E-state index contributed by atoms with van der Waals surface area (Å²) in [5, 5.41) is 2.90. The molecule has 164 valence electrons. The van der Waals surface area contributed by atoms with Crippen molar-refractivity contribution in [1.82, 2.24) is 10.2 Å². The smallest absolute Gasteiger partial charge is 0.253 e. The zero-order valence-corrected chi connectivity index (χ0v) is 18.2. The number of rotatable bonds is 6. The van der Waals surface area contributed by atoms with Crippen LogP contribution in [-0.2, 0) is 6.54 Å². The number of methoxy groups -OCH3 is 1. The molecule has 0 unspecified atom stereocenters. The number of para-hydroxylation sites is 1. The summed E-state index contributed by atoms with van der Waals surface area (Å²) in [5.74, 6) is 0.577. The van der Waals surface area contributed by atoms with Crippen molar-refractivity contribution in [2.75, 3.05) is 38.2 Å². The number of anilines is 1. The van der Waals surface area contributed by atoms with Crippen LogP contribution in [0.3, 0.4) is 0 Å². The number of carbonyl (C=O) groups excluding carboxylic acids is 2. The van der Waals surface area contributed by atoms with Crippen molar-refractivity contribution >= 4 is 17.5 Å².